The minimum absolute atomic E-state index is 0.0416. The van der Waals surface area contributed by atoms with Crippen molar-refractivity contribution in [1.29, 1.82) is 0 Å². The Morgan fingerprint density at radius 1 is 1.04 bits per heavy atom. The molecule has 0 bridgehead atoms. The van der Waals surface area contributed by atoms with Crippen molar-refractivity contribution in [3.05, 3.63) is 29.8 Å². The molecular formula is C19H28N2O3S. The highest BCUT2D eigenvalue weighted by atomic mass is 32.2. The largest absolute Gasteiger partial charge is 0.341 e. The van der Waals surface area contributed by atoms with E-state index in [4.69, 9.17) is 0 Å². The van der Waals surface area contributed by atoms with Crippen LogP contribution < -0.4 is 0 Å². The molecular weight excluding hydrogens is 336 g/mol. The summed E-state index contributed by atoms with van der Waals surface area (Å²) in [5.74, 6) is -0.0416. The van der Waals surface area contributed by atoms with Gasteiger partial charge < -0.3 is 4.90 Å². The van der Waals surface area contributed by atoms with Crippen molar-refractivity contribution in [3.8, 4) is 0 Å². The minimum atomic E-state index is -3.63. The van der Waals surface area contributed by atoms with Crippen molar-refractivity contribution >= 4 is 15.9 Å². The molecule has 25 heavy (non-hydrogen) atoms. The zero-order valence-corrected chi connectivity index (χ0v) is 16.0. The summed E-state index contributed by atoms with van der Waals surface area (Å²) in [5, 5.41) is 0. The number of sulfonamides is 1. The van der Waals surface area contributed by atoms with Crippen LogP contribution in [0, 0.1) is 6.92 Å². The van der Waals surface area contributed by atoms with Crippen LogP contribution >= 0.6 is 0 Å². The molecule has 1 heterocycles. The van der Waals surface area contributed by atoms with E-state index in [-0.39, 0.29) is 16.8 Å². The Balaban J connectivity index is 1.79. The van der Waals surface area contributed by atoms with Gasteiger partial charge in [-0.15, -0.1) is 0 Å². The van der Waals surface area contributed by atoms with E-state index in [1.807, 2.05) is 18.9 Å². The van der Waals surface area contributed by atoms with Gasteiger partial charge in [0.2, 0.25) is 15.9 Å². The monoisotopic (exact) mass is 364 g/mol. The van der Waals surface area contributed by atoms with Crippen LogP contribution in [0.25, 0.3) is 0 Å². The van der Waals surface area contributed by atoms with Gasteiger partial charge in [-0.3, -0.25) is 4.79 Å². The maximum atomic E-state index is 13.0. The molecule has 6 heteroatoms. The van der Waals surface area contributed by atoms with E-state index in [1.165, 1.54) is 10.7 Å². The van der Waals surface area contributed by atoms with E-state index in [9.17, 15) is 13.2 Å². The standard InChI is InChI=1S/C19H28N2O3S/c1-15-10-12-17(13-11-15)25(23,24)21-14-6-9-18(21)19(22)20(2)16-7-4-3-5-8-16/h10-13,16,18H,3-9,14H2,1-2H3. The summed E-state index contributed by atoms with van der Waals surface area (Å²) >= 11 is 0. The number of rotatable bonds is 4. The number of nitrogens with zero attached hydrogens (tertiary/aromatic N) is 2. The average Bonchev–Trinajstić information content (AvgIpc) is 3.12. The van der Waals surface area contributed by atoms with E-state index in [0.717, 1.165) is 37.7 Å². The Kier molecular flexibility index (Phi) is 5.49. The molecule has 138 valence electrons. The van der Waals surface area contributed by atoms with Crippen LogP contribution in [0.1, 0.15) is 50.5 Å². The number of carbonyl (C=O) groups is 1. The number of amides is 1. The summed E-state index contributed by atoms with van der Waals surface area (Å²) in [5.41, 5.74) is 1.02. The summed E-state index contributed by atoms with van der Waals surface area (Å²) in [6.07, 6.45) is 6.94. The highest BCUT2D eigenvalue weighted by molar-refractivity contribution is 7.89. The van der Waals surface area contributed by atoms with Crippen molar-refractivity contribution in [2.24, 2.45) is 0 Å². The number of likely N-dealkylation sites (N-methyl/N-ethyl adjacent to an activating group) is 1. The Hall–Kier alpha value is -1.40. The third-order valence-corrected chi connectivity index (χ3v) is 7.51. The summed E-state index contributed by atoms with van der Waals surface area (Å²) in [4.78, 5) is 15.1. The van der Waals surface area contributed by atoms with Gasteiger partial charge in [-0.05, 0) is 44.7 Å². The van der Waals surface area contributed by atoms with Crippen molar-refractivity contribution in [2.75, 3.05) is 13.6 Å². The van der Waals surface area contributed by atoms with Gasteiger partial charge in [-0.2, -0.15) is 4.31 Å². The fourth-order valence-corrected chi connectivity index (χ4v) is 5.65. The molecule has 5 nitrogen and oxygen atoms in total. The molecule has 1 saturated heterocycles. The Bertz CT molecular complexity index is 709. The first-order valence-corrected chi connectivity index (χ1v) is 10.7. The molecule has 2 fully saturated rings. The van der Waals surface area contributed by atoms with Crippen LogP contribution in [0.4, 0.5) is 0 Å². The van der Waals surface area contributed by atoms with Crippen LogP contribution in [0.15, 0.2) is 29.2 Å². The lowest BCUT2D eigenvalue weighted by atomic mass is 9.94. The smallest absolute Gasteiger partial charge is 0.243 e. The van der Waals surface area contributed by atoms with Gasteiger partial charge in [0.05, 0.1) is 4.90 Å². The van der Waals surface area contributed by atoms with Gasteiger partial charge in [0, 0.05) is 19.6 Å². The molecule has 0 aromatic heterocycles. The predicted molar refractivity (Wildman–Crippen MR) is 97.7 cm³/mol. The molecule has 1 atom stereocenters. The number of hydrogen-bond acceptors (Lipinski definition) is 3. The molecule has 1 aromatic carbocycles. The lowest BCUT2D eigenvalue weighted by Gasteiger charge is -2.34. The Morgan fingerprint density at radius 2 is 1.68 bits per heavy atom. The second-order valence-electron chi connectivity index (χ2n) is 7.33. The summed E-state index contributed by atoms with van der Waals surface area (Å²) in [7, 11) is -1.79. The quantitative estimate of drug-likeness (QED) is 0.825. The second kappa shape index (κ2) is 7.46. The molecule has 1 amide bonds. The minimum Gasteiger partial charge on any atom is -0.341 e. The van der Waals surface area contributed by atoms with Gasteiger partial charge in [-0.25, -0.2) is 8.42 Å². The first-order chi connectivity index (χ1) is 11.9. The third kappa shape index (κ3) is 3.75. The highest BCUT2D eigenvalue weighted by Crippen LogP contribution is 2.29. The Morgan fingerprint density at radius 3 is 2.32 bits per heavy atom. The molecule has 1 saturated carbocycles. The first kappa shape index (κ1) is 18.4. The van der Waals surface area contributed by atoms with Gasteiger partial charge in [0.15, 0.2) is 0 Å². The topological polar surface area (TPSA) is 57.7 Å². The van der Waals surface area contributed by atoms with Crippen LogP contribution in [0.5, 0.6) is 0 Å². The first-order valence-electron chi connectivity index (χ1n) is 9.26. The van der Waals surface area contributed by atoms with Gasteiger partial charge >= 0.3 is 0 Å². The van der Waals surface area contributed by atoms with Gasteiger partial charge in [-0.1, -0.05) is 37.0 Å². The van der Waals surface area contributed by atoms with E-state index >= 15 is 0 Å². The highest BCUT2D eigenvalue weighted by Gasteiger charge is 2.41. The van der Waals surface area contributed by atoms with Crippen molar-refractivity contribution in [2.45, 2.75) is 68.8 Å². The van der Waals surface area contributed by atoms with E-state index in [1.54, 1.807) is 24.3 Å². The number of aryl methyl sites for hydroxylation is 1. The van der Waals surface area contributed by atoms with Crippen molar-refractivity contribution in [1.82, 2.24) is 9.21 Å². The zero-order chi connectivity index (χ0) is 18.0. The predicted octanol–water partition coefficient (Wildman–Crippen LogP) is 2.94. The SMILES string of the molecule is Cc1ccc(S(=O)(=O)N2CCCC2C(=O)N(C)C2CCCCC2)cc1. The van der Waals surface area contributed by atoms with E-state index < -0.39 is 16.1 Å². The van der Waals surface area contributed by atoms with E-state index in [0.29, 0.717) is 13.0 Å². The maximum absolute atomic E-state index is 13.0. The third-order valence-electron chi connectivity index (χ3n) is 5.59. The molecule has 0 spiro atoms. The molecule has 1 aromatic rings. The number of carbonyl (C=O) groups excluding carboxylic acids is 1. The molecule has 0 N–H and O–H groups in total. The fourth-order valence-electron chi connectivity index (χ4n) is 4.00. The van der Waals surface area contributed by atoms with Crippen LogP contribution in [-0.2, 0) is 14.8 Å². The molecule has 1 unspecified atom stereocenters. The van der Waals surface area contributed by atoms with Crippen LogP contribution in [0.3, 0.4) is 0 Å². The van der Waals surface area contributed by atoms with Gasteiger partial charge in [0.1, 0.15) is 6.04 Å². The molecule has 0 radical (unpaired) electrons. The summed E-state index contributed by atoms with van der Waals surface area (Å²) in [6.45, 7) is 2.35. The van der Waals surface area contributed by atoms with Crippen molar-refractivity contribution < 1.29 is 13.2 Å². The zero-order valence-electron chi connectivity index (χ0n) is 15.1. The lowest BCUT2D eigenvalue weighted by Crippen LogP contribution is -2.49. The number of benzene rings is 1. The van der Waals surface area contributed by atoms with Crippen LogP contribution in [0.2, 0.25) is 0 Å². The average molecular weight is 365 g/mol. The van der Waals surface area contributed by atoms with Gasteiger partial charge in [0.25, 0.3) is 0 Å². The summed E-state index contributed by atoms with van der Waals surface area (Å²) < 4.78 is 27.4. The molecule has 1 aliphatic heterocycles. The number of hydrogen-bond donors (Lipinski definition) is 0. The summed E-state index contributed by atoms with van der Waals surface area (Å²) in [6, 6.07) is 6.57. The molecule has 3 rings (SSSR count). The lowest BCUT2D eigenvalue weighted by molar-refractivity contribution is -0.136. The van der Waals surface area contributed by atoms with Crippen molar-refractivity contribution in [3.63, 3.8) is 0 Å². The van der Waals surface area contributed by atoms with E-state index in [2.05, 4.69) is 0 Å². The maximum Gasteiger partial charge on any atom is 0.243 e. The second-order valence-corrected chi connectivity index (χ2v) is 9.22. The fraction of sp³-hybridized carbons (Fsp3) is 0.632. The Labute approximate surface area is 151 Å². The molecule has 1 aliphatic carbocycles. The normalized spacial score (nSPS) is 22.9. The molecule has 2 aliphatic rings. The van der Waals surface area contributed by atoms with Crippen LogP contribution in [-0.4, -0.2) is 49.2 Å².